The first-order chi connectivity index (χ1) is 9.94. The van der Waals surface area contributed by atoms with Gasteiger partial charge < -0.3 is 0 Å². The van der Waals surface area contributed by atoms with Crippen molar-refractivity contribution in [3.63, 3.8) is 0 Å². The molecule has 0 saturated carbocycles. The number of anilines is 1. The molecule has 3 rings (SSSR count). The SMILES string of the molecule is CC1=NN(c2ccc(Cl)cc2)C(=O)C12CC(C)=C(C)CS2. The van der Waals surface area contributed by atoms with Crippen molar-refractivity contribution in [2.45, 2.75) is 31.9 Å². The maximum absolute atomic E-state index is 13.0. The zero-order valence-corrected chi connectivity index (χ0v) is 13.9. The Hall–Kier alpha value is -1.26. The van der Waals surface area contributed by atoms with Gasteiger partial charge in [0.15, 0.2) is 0 Å². The first-order valence-corrected chi connectivity index (χ1v) is 8.25. The third-order valence-corrected chi connectivity index (χ3v) is 6.16. The maximum Gasteiger partial charge on any atom is 0.269 e. The first-order valence-electron chi connectivity index (χ1n) is 6.89. The molecule has 0 radical (unpaired) electrons. The second kappa shape index (κ2) is 5.18. The van der Waals surface area contributed by atoms with E-state index in [0.717, 1.165) is 23.6 Å². The average molecular weight is 321 g/mol. The Bertz CT molecular complexity index is 665. The lowest BCUT2D eigenvalue weighted by atomic mass is 9.92. The third kappa shape index (κ3) is 2.30. The second-order valence-electron chi connectivity index (χ2n) is 5.63. The maximum atomic E-state index is 13.0. The van der Waals surface area contributed by atoms with Gasteiger partial charge in [0.05, 0.1) is 11.4 Å². The number of carbonyl (C=O) groups excluding carboxylic acids is 1. The summed E-state index contributed by atoms with van der Waals surface area (Å²) in [5, 5.41) is 6.70. The second-order valence-corrected chi connectivity index (χ2v) is 7.34. The number of hydrogen-bond acceptors (Lipinski definition) is 3. The van der Waals surface area contributed by atoms with Gasteiger partial charge in [-0.1, -0.05) is 22.7 Å². The van der Waals surface area contributed by atoms with Crippen LogP contribution in [0.25, 0.3) is 0 Å². The molecule has 1 unspecified atom stereocenters. The van der Waals surface area contributed by atoms with E-state index in [1.54, 1.807) is 23.9 Å². The molecule has 1 aromatic rings. The fourth-order valence-corrected chi connectivity index (χ4v) is 4.27. The van der Waals surface area contributed by atoms with Crippen LogP contribution >= 0.6 is 23.4 Å². The summed E-state index contributed by atoms with van der Waals surface area (Å²) in [5.41, 5.74) is 4.33. The fourth-order valence-electron chi connectivity index (χ4n) is 2.66. The van der Waals surface area contributed by atoms with Crippen molar-refractivity contribution in [3.8, 4) is 0 Å². The van der Waals surface area contributed by atoms with Crippen LogP contribution in [-0.4, -0.2) is 22.1 Å². The minimum atomic E-state index is -0.525. The molecular weight excluding hydrogens is 304 g/mol. The smallest absolute Gasteiger partial charge is 0.269 e. The molecular formula is C16H17ClN2OS. The van der Waals surface area contributed by atoms with Crippen LogP contribution in [0.2, 0.25) is 5.02 Å². The van der Waals surface area contributed by atoms with E-state index < -0.39 is 4.75 Å². The van der Waals surface area contributed by atoms with Crippen LogP contribution in [0.15, 0.2) is 40.5 Å². The highest BCUT2D eigenvalue weighted by atomic mass is 35.5. The van der Waals surface area contributed by atoms with Gasteiger partial charge in [0.25, 0.3) is 5.91 Å². The summed E-state index contributed by atoms with van der Waals surface area (Å²) in [7, 11) is 0. The van der Waals surface area contributed by atoms with E-state index in [9.17, 15) is 4.79 Å². The molecule has 0 aliphatic carbocycles. The quantitative estimate of drug-likeness (QED) is 0.724. The Morgan fingerprint density at radius 2 is 1.86 bits per heavy atom. The van der Waals surface area contributed by atoms with Crippen molar-refractivity contribution in [2.24, 2.45) is 5.10 Å². The van der Waals surface area contributed by atoms with E-state index in [0.29, 0.717) is 5.02 Å². The number of halogens is 1. The Labute approximate surface area is 134 Å². The van der Waals surface area contributed by atoms with Crippen molar-refractivity contribution in [1.82, 2.24) is 0 Å². The summed E-state index contributed by atoms with van der Waals surface area (Å²) in [5.74, 6) is 0.943. The molecule has 3 nitrogen and oxygen atoms in total. The Balaban J connectivity index is 1.96. The van der Waals surface area contributed by atoms with Crippen molar-refractivity contribution in [2.75, 3.05) is 10.8 Å². The third-order valence-electron chi connectivity index (χ3n) is 4.22. The Kier molecular flexibility index (Phi) is 3.62. The number of hydrazone groups is 1. The number of amides is 1. The monoisotopic (exact) mass is 320 g/mol. The number of hydrogen-bond donors (Lipinski definition) is 0. The predicted molar refractivity (Wildman–Crippen MR) is 90.2 cm³/mol. The average Bonchev–Trinajstić information content (AvgIpc) is 2.69. The summed E-state index contributed by atoms with van der Waals surface area (Å²) in [6.07, 6.45) is 0.752. The van der Waals surface area contributed by atoms with Crippen LogP contribution in [0.4, 0.5) is 5.69 Å². The minimum absolute atomic E-state index is 0.0548. The summed E-state index contributed by atoms with van der Waals surface area (Å²) < 4.78 is -0.525. The van der Waals surface area contributed by atoms with Crippen molar-refractivity contribution < 1.29 is 4.79 Å². The Morgan fingerprint density at radius 3 is 2.48 bits per heavy atom. The zero-order chi connectivity index (χ0) is 15.2. The van der Waals surface area contributed by atoms with Crippen LogP contribution < -0.4 is 5.01 Å². The molecule has 0 N–H and O–H groups in total. The van der Waals surface area contributed by atoms with E-state index in [-0.39, 0.29) is 5.91 Å². The van der Waals surface area contributed by atoms with Gasteiger partial charge in [0.1, 0.15) is 4.75 Å². The van der Waals surface area contributed by atoms with Gasteiger partial charge >= 0.3 is 0 Å². The fraction of sp³-hybridized carbons (Fsp3) is 0.375. The minimum Gasteiger partial charge on any atom is -0.270 e. The van der Waals surface area contributed by atoms with Gasteiger partial charge in [-0.2, -0.15) is 10.1 Å². The molecule has 1 atom stereocenters. The Morgan fingerprint density at radius 1 is 1.19 bits per heavy atom. The van der Waals surface area contributed by atoms with Gasteiger partial charge in [-0.3, -0.25) is 4.79 Å². The molecule has 1 spiro atoms. The lowest BCUT2D eigenvalue weighted by Crippen LogP contribution is -2.45. The molecule has 2 heterocycles. The van der Waals surface area contributed by atoms with Gasteiger partial charge in [0, 0.05) is 10.8 Å². The molecule has 0 bridgehead atoms. The highest BCUT2D eigenvalue weighted by molar-refractivity contribution is 8.02. The highest BCUT2D eigenvalue weighted by Crippen LogP contribution is 2.45. The van der Waals surface area contributed by atoms with Crippen molar-refractivity contribution >= 4 is 40.7 Å². The van der Waals surface area contributed by atoms with E-state index >= 15 is 0 Å². The molecule has 1 amide bonds. The number of benzene rings is 1. The molecule has 21 heavy (non-hydrogen) atoms. The molecule has 0 fully saturated rings. The van der Waals surface area contributed by atoms with Crippen LogP contribution in [0.5, 0.6) is 0 Å². The molecule has 5 heteroatoms. The summed E-state index contributed by atoms with van der Waals surface area (Å²) in [6.45, 7) is 6.20. The molecule has 2 aliphatic heterocycles. The number of carbonyl (C=O) groups is 1. The van der Waals surface area contributed by atoms with E-state index in [1.165, 1.54) is 16.2 Å². The highest BCUT2D eigenvalue weighted by Gasteiger charge is 2.51. The van der Waals surface area contributed by atoms with Crippen molar-refractivity contribution in [3.05, 3.63) is 40.4 Å². The molecule has 0 saturated heterocycles. The van der Waals surface area contributed by atoms with E-state index in [4.69, 9.17) is 11.6 Å². The van der Waals surface area contributed by atoms with Crippen LogP contribution in [0.1, 0.15) is 27.2 Å². The summed E-state index contributed by atoms with van der Waals surface area (Å²) in [6, 6.07) is 7.22. The van der Waals surface area contributed by atoms with Crippen LogP contribution in [-0.2, 0) is 4.79 Å². The normalized spacial score (nSPS) is 25.8. The molecule has 110 valence electrons. The standard InChI is InChI=1S/C16H17ClN2OS/c1-10-8-16(21-9-11(10)2)12(3)18-19(15(16)20)14-6-4-13(17)5-7-14/h4-7H,8-9H2,1-3H3. The number of rotatable bonds is 1. The topological polar surface area (TPSA) is 32.7 Å². The van der Waals surface area contributed by atoms with Gasteiger partial charge in [-0.05, 0) is 51.5 Å². The number of nitrogens with zero attached hydrogens (tertiary/aromatic N) is 2. The predicted octanol–water partition coefficient (Wildman–Crippen LogP) is 4.27. The lowest BCUT2D eigenvalue weighted by molar-refractivity contribution is -0.118. The van der Waals surface area contributed by atoms with Gasteiger partial charge in [-0.25, -0.2) is 0 Å². The number of thioether (sulfide) groups is 1. The molecule has 1 aromatic carbocycles. The van der Waals surface area contributed by atoms with E-state index in [2.05, 4.69) is 18.9 Å². The summed E-state index contributed by atoms with van der Waals surface area (Å²) in [4.78, 5) is 13.0. The molecule has 0 aromatic heterocycles. The van der Waals surface area contributed by atoms with Crippen LogP contribution in [0.3, 0.4) is 0 Å². The summed E-state index contributed by atoms with van der Waals surface area (Å²) >= 11 is 7.61. The lowest BCUT2D eigenvalue weighted by Gasteiger charge is -2.32. The van der Waals surface area contributed by atoms with Crippen molar-refractivity contribution in [1.29, 1.82) is 0 Å². The van der Waals surface area contributed by atoms with Crippen LogP contribution in [0, 0.1) is 0 Å². The largest absolute Gasteiger partial charge is 0.270 e. The number of allylic oxidation sites excluding steroid dienone is 1. The van der Waals surface area contributed by atoms with Gasteiger partial charge in [0.2, 0.25) is 0 Å². The first kappa shape index (κ1) is 14.7. The zero-order valence-electron chi connectivity index (χ0n) is 12.3. The van der Waals surface area contributed by atoms with E-state index in [1.807, 2.05) is 19.1 Å². The van der Waals surface area contributed by atoms with Gasteiger partial charge in [-0.15, -0.1) is 11.8 Å². The molecule has 2 aliphatic rings.